The molecule has 0 fully saturated rings. The van der Waals surface area contributed by atoms with E-state index in [9.17, 15) is 0 Å². The summed E-state index contributed by atoms with van der Waals surface area (Å²) in [6.45, 7) is 7.20. The lowest BCUT2D eigenvalue weighted by atomic mass is 10.1. The average Bonchev–Trinajstić information content (AvgIpc) is 2.19. The van der Waals surface area contributed by atoms with Gasteiger partial charge in [-0.25, -0.2) is 0 Å². The SMILES string of the molecule is COC(CO[Si](C)(C)C)c1ccccc1. The number of hydrogen-bond donors (Lipinski definition) is 0. The van der Waals surface area contributed by atoms with Gasteiger partial charge in [-0.2, -0.15) is 0 Å². The standard InChI is InChI=1S/C12H20O2Si/c1-13-12(10-14-15(2,3)4)11-8-6-5-7-9-11/h5-9,12H,10H2,1-4H3. The van der Waals surface area contributed by atoms with Gasteiger partial charge in [0, 0.05) is 7.11 Å². The van der Waals surface area contributed by atoms with Crippen LogP contribution in [0.3, 0.4) is 0 Å². The minimum absolute atomic E-state index is 0.0536. The van der Waals surface area contributed by atoms with Gasteiger partial charge in [0.2, 0.25) is 0 Å². The topological polar surface area (TPSA) is 18.5 Å². The van der Waals surface area contributed by atoms with Crippen LogP contribution >= 0.6 is 0 Å². The molecule has 0 radical (unpaired) electrons. The van der Waals surface area contributed by atoms with Gasteiger partial charge in [0.05, 0.1) is 6.61 Å². The van der Waals surface area contributed by atoms with E-state index in [0.29, 0.717) is 6.61 Å². The largest absolute Gasteiger partial charge is 0.415 e. The molecule has 1 atom stereocenters. The summed E-state index contributed by atoms with van der Waals surface area (Å²) in [7, 11) is 0.278. The van der Waals surface area contributed by atoms with Crippen LogP contribution < -0.4 is 0 Å². The summed E-state index contributed by atoms with van der Waals surface area (Å²) >= 11 is 0. The number of ether oxygens (including phenoxy) is 1. The molecule has 1 aromatic carbocycles. The molecule has 15 heavy (non-hydrogen) atoms. The fourth-order valence-corrected chi connectivity index (χ4v) is 1.95. The molecule has 84 valence electrons. The summed E-state index contributed by atoms with van der Waals surface area (Å²) in [5.41, 5.74) is 1.18. The van der Waals surface area contributed by atoms with E-state index in [4.69, 9.17) is 9.16 Å². The highest BCUT2D eigenvalue weighted by atomic mass is 28.4. The zero-order valence-corrected chi connectivity index (χ0v) is 11.0. The summed E-state index contributed by atoms with van der Waals surface area (Å²) < 4.78 is 11.3. The molecule has 0 saturated carbocycles. The lowest BCUT2D eigenvalue weighted by molar-refractivity contribution is 0.0550. The molecule has 1 rings (SSSR count). The zero-order chi connectivity index (χ0) is 11.3. The highest BCUT2D eigenvalue weighted by Crippen LogP contribution is 2.18. The van der Waals surface area contributed by atoms with Crippen LogP contribution in [0.4, 0.5) is 0 Å². The van der Waals surface area contributed by atoms with Crippen molar-refractivity contribution in [3.8, 4) is 0 Å². The van der Waals surface area contributed by atoms with Crippen LogP contribution in [-0.4, -0.2) is 22.0 Å². The van der Waals surface area contributed by atoms with Gasteiger partial charge in [-0.3, -0.25) is 0 Å². The molecule has 0 amide bonds. The summed E-state index contributed by atoms with van der Waals surface area (Å²) in [6.07, 6.45) is 0.0536. The first kappa shape index (κ1) is 12.4. The van der Waals surface area contributed by atoms with Crippen molar-refractivity contribution in [3.63, 3.8) is 0 Å². The third kappa shape index (κ3) is 4.60. The molecular weight excluding hydrogens is 204 g/mol. The first-order valence-corrected chi connectivity index (χ1v) is 8.65. The number of methoxy groups -OCH3 is 1. The van der Waals surface area contributed by atoms with Crippen LogP contribution in [0.15, 0.2) is 30.3 Å². The number of rotatable bonds is 5. The number of benzene rings is 1. The maximum atomic E-state index is 5.85. The summed E-state index contributed by atoms with van der Waals surface area (Å²) in [5.74, 6) is 0. The molecule has 0 bridgehead atoms. The monoisotopic (exact) mass is 224 g/mol. The predicted molar refractivity (Wildman–Crippen MR) is 65.5 cm³/mol. The van der Waals surface area contributed by atoms with Crippen LogP contribution in [0.1, 0.15) is 11.7 Å². The van der Waals surface area contributed by atoms with Crippen molar-refractivity contribution in [1.82, 2.24) is 0 Å². The molecule has 0 aliphatic carbocycles. The van der Waals surface area contributed by atoms with Crippen molar-refractivity contribution in [2.24, 2.45) is 0 Å². The second-order valence-corrected chi connectivity index (χ2v) is 9.07. The van der Waals surface area contributed by atoms with Crippen LogP contribution in [0.25, 0.3) is 0 Å². The molecule has 1 aromatic rings. The Kier molecular flexibility index (Phi) is 4.51. The molecule has 0 aliphatic heterocycles. The van der Waals surface area contributed by atoms with Crippen molar-refractivity contribution in [2.75, 3.05) is 13.7 Å². The van der Waals surface area contributed by atoms with Crippen molar-refractivity contribution < 1.29 is 9.16 Å². The van der Waals surface area contributed by atoms with E-state index in [1.807, 2.05) is 18.2 Å². The molecule has 3 heteroatoms. The Balaban J connectivity index is 2.58. The Bertz CT molecular complexity index is 279. The first-order valence-electron chi connectivity index (χ1n) is 5.24. The minimum atomic E-state index is -1.45. The fraction of sp³-hybridized carbons (Fsp3) is 0.500. The van der Waals surface area contributed by atoms with Crippen molar-refractivity contribution in [3.05, 3.63) is 35.9 Å². The van der Waals surface area contributed by atoms with Gasteiger partial charge in [-0.05, 0) is 25.2 Å². The molecular formula is C12H20O2Si. The smallest absolute Gasteiger partial charge is 0.183 e. The van der Waals surface area contributed by atoms with Crippen molar-refractivity contribution in [1.29, 1.82) is 0 Å². The average molecular weight is 224 g/mol. The van der Waals surface area contributed by atoms with Gasteiger partial charge >= 0.3 is 0 Å². The lowest BCUT2D eigenvalue weighted by Crippen LogP contribution is -2.28. The second-order valence-electron chi connectivity index (χ2n) is 4.56. The third-order valence-corrected chi connectivity index (χ3v) is 3.16. The van der Waals surface area contributed by atoms with Crippen LogP contribution in [0.5, 0.6) is 0 Å². The van der Waals surface area contributed by atoms with Gasteiger partial charge in [0.15, 0.2) is 8.32 Å². The van der Waals surface area contributed by atoms with Crippen LogP contribution in [0, 0.1) is 0 Å². The van der Waals surface area contributed by atoms with E-state index in [2.05, 4.69) is 31.8 Å². The fourth-order valence-electron chi connectivity index (χ4n) is 1.29. The molecule has 0 heterocycles. The molecule has 0 N–H and O–H groups in total. The highest BCUT2D eigenvalue weighted by Gasteiger charge is 2.18. The Hall–Kier alpha value is -0.643. The minimum Gasteiger partial charge on any atom is -0.415 e. The van der Waals surface area contributed by atoms with Crippen molar-refractivity contribution >= 4 is 8.32 Å². The van der Waals surface area contributed by atoms with Gasteiger partial charge in [0.25, 0.3) is 0 Å². The van der Waals surface area contributed by atoms with E-state index < -0.39 is 8.32 Å². The summed E-state index contributed by atoms with van der Waals surface area (Å²) in [6, 6.07) is 10.2. The molecule has 2 nitrogen and oxygen atoms in total. The van der Waals surface area contributed by atoms with Crippen molar-refractivity contribution in [2.45, 2.75) is 25.7 Å². The van der Waals surface area contributed by atoms with Gasteiger partial charge in [-0.1, -0.05) is 30.3 Å². The maximum Gasteiger partial charge on any atom is 0.183 e. The first-order chi connectivity index (χ1) is 7.03. The van der Waals surface area contributed by atoms with E-state index in [0.717, 1.165) is 0 Å². The maximum absolute atomic E-state index is 5.85. The van der Waals surface area contributed by atoms with Gasteiger partial charge in [0.1, 0.15) is 6.10 Å². The van der Waals surface area contributed by atoms with Gasteiger partial charge in [-0.15, -0.1) is 0 Å². The third-order valence-electron chi connectivity index (χ3n) is 2.12. The van der Waals surface area contributed by atoms with E-state index in [1.165, 1.54) is 5.56 Å². The lowest BCUT2D eigenvalue weighted by Gasteiger charge is -2.22. The molecule has 0 aliphatic rings. The summed E-state index contributed by atoms with van der Waals surface area (Å²) in [4.78, 5) is 0. The van der Waals surface area contributed by atoms with Crippen LogP contribution in [-0.2, 0) is 9.16 Å². The quantitative estimate of drug-likeness (QED) is 0.715. The predicted octanol–water partition coefficient (Wildman–Crippen LogP) is 3.23. The highest BCUT2D eigenvalue weighted by molar-refractivity contribution is 6.69. The number of hydrogen-bond acceptors (Lipinski definition) is 2. The Morgan fingerprint density at radius 2 is 1.73 bits per heavy atom. The molecule has 0 spiro atoms. The zero-order valence-electron chi connectivity index (χ0n) is 9.99. The normalized spacial score (nSPS) is 13.9. The van der Waals surface area contributed by atoms with Gasteiger partial charge < -0.3 is 9.16 Å². The molecule has 1 unspecified atom stereocenters. The Morgan fingerprint density at radius 3 is 2.20 bits per heavy atom. The van der Waals surface area contributed by atoms with E-state index in [1.54, 1.807) is 7.11 Å². The summed E-state index contributed by atoms with van der Waals surface area (Å²) in [5, 5.41) is 0. The molecule has 0 saturated heterocycles. The Labute approximate surface area is 93.4 Å². The Morgan fingerprint density at radius 1 is 1.13 bits per heavy atom. The van der Waals surface area contributed by atoms with Crippen LogP contribution in [0.2, 0.25) is 19.6 Å². The second kappa shape index (κ2) is 5.44. The van der Waals surface area contributed by atoms with E-state index in [-0.39, 0.29) is 6.10 Å². The van der Waals surface area contributed by atoms with E-state index >= 15 is 0 Å². The molecule has 0 aromatic heterocycles.